The third-order valence-electron chi connectivity index (χ3n) is 2.81. The average Bonchev–Trinajstić information content (AvgIpc) is 2.35. The molecule has 4 heteroatoms. The molecular weight excluding hydrogens is 314 g/mol. The minimum absolute atomic E-state index is 0.797. The van der Waals surface area contributed by atoms with Crippen LogP contribution in [0.2, 0.25) is 0 Å². The molecule has 1 aromatic rings. The van der Waals surface area contributed by atoms with E-state index in [1.54, 1.807) is 0 Å². The van der Waals surface area contributed by atoms with Crippen LogP contribution < -0.4 is 5.32 Å². The highest BCUT2D eigenvalue weighted by Crippen LogP contribution is 2.23. The molecule has 1 unspecified atom stereocenters. The Balaban J connectivity index is 1.75. The van der Waals surface area contributed by atoms with Crippen molar-refractivity contribution < 1.29 is 0 Å². The molecule has 94 valence electrons. The first-order valence-electron chi connectivity index (χ1n) is 5.91. The molecule has 0 aliphatic carbocycles. The number of benzene rings is 1. The van der Waals surface area contributed by atoms with Crippen molar-refractivity contribution in [2.24, 2.45) is 0 Å². The van der Waals surface area contributed by atoms with Crippen molar-refractivity contribution in [2.45, 2.75) is 18.7 Å². The van der Waals surface area contributed by atoms with E-state index >= 15 is 0 Å². The molecule has 1 nitrogen and oxygen atoms in total. The van der Waals surface area contributed by atoms with Crippen LogP contribution in [0.1, 0.15) is 11.1 Å². The molecule has 1 aliphatic rings. The van der Waals surface area contributed by atoms with Gasteiger partial charge >= 0.3 is 0 Å². The summed E-state index contributed by atoms with van der Waals surface area (Å²) < 4.78 is 1.19. The van der Waals surface area contributed by atoms with Crippen LogP contribution in [0.3, 0.4) is 0 Å². The van der Waals surface area contributed by atoms with E-state index in [4.69, 9.17) is 0 Å². The Hall–Kier alpha value is 0.360. The van der Waals surface area contributed by atoms with Crippen LogP contribution in [0.25, 0.3) is 0 Å². The molecule has 17 heavy (non-hydrogen) atoms. The van der Waals surface area contributed by atoms with E-state index in [1.807, 2.05) is 0 Å². The van der Waals surface area contributed by atoms with Gasteiger partial charge in [0.05, 0.1) is 0 Å². The number of rotatable bonds is 4. The first-order chi connectivity index (χ1) is 8.25. The Morgan fingerprint density at radius 3 is 3.00 bits per heavy atom. The number of hydrogen-bond donors (Lipinski definition) is 1. The fourth-order valence-electron chi connectivity index (χ4n) is 1.85. The summed E-state index contributed by atoms with van der Waals surface area (Å²) in [7, 11) is 0. The number of hydrogen-bond acceptors (Lipinski definition) is 3. The van der Waals surface area contributed by atoms with Gasteiger partial charge in [0.1, 0.15) is 0 Å². The van der Waals surface area contributed by atoms with Crippen LogP contribution in [0.15, 0.2) is 22.7 Å². The van der Waals surface area contributed by atoms with Crippen molar-refractivity contribution in [3.63, 3.8) is 0 Å². The van der Waals surface area contributed by atoms with Gasteiger partial charge < -0.3 is 5.32 Å². The van der Waals surface area contributed by atoms with Gasteiger partial charge in [0, 0.05) is 40.1 Å². The average molecular weight is 332 g/mol. The lowest BCUT2D eigenvalue weighted by Gasteiger charge is -2.21. The lowest BCUT2D eigenvalue weighted by molar-refractivity contribution is 0.686. The molecule has 1 aliphatic heterocycles. The zero-order valence-electron chi connectivity index (χ0n) is 10.0. The molecule has 0 bridgehead atoms. The molecule has 1 atom stereocenters. The van der Waals surface area contributed by atoms with E-state index in [0.717, 1.165) is 18.3 Å². The Kier molecular flexibility index (Phi) is 5.74. The second-order valence-corrected chi connectivity index (χ2v) is 7.69. The van der Waals surface area contributed by atoms with Crippen molar-refractivity contribution in [1.29, 1.82) is 0 Å². The minimum atomic E-state index is 0.797. The quantitative estimate of drug-likeness (QED) is 0.903. The van der Waals surface area contributed by atoms with E-state index in [-0.39, 0.29) is 0 Å². The molecular formula is C13H18BrNS2. The van der Waals surface area contributed by atoms with Crippen LogP contribution in [0.4, 0.5) is 0 Å². The molecule has 0 spiro atoms. The summed E-state index contributed by atoms with van der Waals surface area (Å²) in [5.41, 5.74) is 2.69. The van der Waals surface area contributed by atoms with Crippen molar-refractivity contribution in [1.82, 2.24) is 5.32 Å². The van der Waals surface area contributed by atoms with E-state index in [0.29, 0.717) is 0 Å². The topological polar surface area (TPSA) is 12.0 Å². The highest BCUT2D eigenvalue weighted by atomic mass is 79.9. The fourth-order valence-corrected chi connectivity index (χ4v) is 4.74. The molecule has 0 amide bonds. The summed E-state index contributed by atoms with van der Waals surface area (Å²) in [5.74, 6) is 3.94. The minimum Gasteiger partial charge on any atom is -0.312 e. The Bertz CT molecular complexity index is 364. The lowest BCUT2D eigenvalue weighted by Crippen LogP contribution is -2.28. The van der Waals surface area contributed by atoms with Crippen LogP contribution in [-0.4, -0.2) is 29.1 Å². The molecule has 1 heterocycles. The number of aryl methyl sites for hydroxylation is 1. The Morgan fingerprint density at radius 2 is 2.29 bits per heavy atom. The summed E-state index contributed by atoms with van der Waals surface area (Å²) in [6, 6.07) is 6.57. The van der Waals surface area contributed by atoms with E-state index < -0.39 is 0 Å². The number of nitrogens with one attached hydrogen (secondary N) is 1. The van der Waals surface area contributed by atoms with Crippen molar-refractivity contribution in [3.8, 4) is 0 Å². The number of thioether (sulfide) groups is 2. The van der Waals surface area contributed by atoms with Crippen molar-refractivity contribution >= 4 is 39.5 Å². The van der Waals surface area contributed by atoms with Crippen LogP contribution in [0, 0.1) is 6.92 Å². The van der Waals surface area contributed by atoms with E-state index in [9.17, 15) is 0 Å². The zero-order chi connectivity index (χ0) is 12.1. The smallest absolute Gasteiger partial charge is 0.0263 e. The van der Waals surface area contributed by atoms with Gasteiger partial charge in [0.25, 0.3) is 0 Å². The van der Waals surface area contributed by atoms with Crippen LogP contribution in [0.5, 0.6) is 0 Å². The number of halogens is 1. The fraction of sp³-hybridized carbons (Fsp3) is 0.538. The normalized spacial score (nSPS) is 20.5. The predicted molar refractivity (Wildman–Crippen MR) is 84.2 cm³/mol. The summed E-state index contributed by atoms with van der Waals surface area (Å²) in [5, 5.41) is 4.37. The van der Waals surface area contributed by atoms with Gasteiger partial charge in [-0.15, -0.1) is 0 Å². The summed E-state index contributed by atoms with van der Waals surface area (Å²) in [6.07, 6.45) is 0. The molecule has 1 saturated heterocycles. The van der Waals surface area contributed by atoms with Gasteiger partial charge in [-0.3, -0.25) is 0 Å². The molecule has 1 fully saturated rings. The summed E-state index contributed by atoms with van der Waals surface area (Å²) in [6.45, 7) is 4.25. The molecule has 1 aromatic carbocycles. The molecule has 0 radical (unpaired) electrons. The molecule has 0 aromatic heterocycles. The third kappa shape index (κ3) is 4.51. The largest absolute Gasteiger partial charge is 0.312 e. The third-order valence-corrected chi connectivity index (χ3v) is 6.54. The van der Waals surface area contributed by atoms with Gasteiger partial charge in [0.2, 0.25) is 0 Å². The standard InChI is InChI=1S/C13H18BrNS2/c1-10-6-11(2-3-13(10)14)7-15-8-12-9-16-4-5-17-12/h2-3,6,12,15H,4-5,7-9H2,1H3. The Morgan fingerprint density at radius 1 is 1.41 bits per heavy atom. The maximum atomic E-state index is 3.57. The highest BCUT2D eigenvalue weighted by molar-refractivity contribution is 9.10. The second kappa shape index (κ2) is 7.07. The van der Waals surface area contributed by atoms with Crippen LogP contribution >= 0.6 is 39.5 Å². The highest BCUT2D eigenvalue weighted by Gasteiger charge is 2.13. The first-order valence-corrected chi connectivity index (χ1v) is 8.90. The molecule has 2 rings (SSSR count). The first kappa shape index (κ1) is 13.8. The predicted octanol–water partition coefficient (Wildman–Crippen LogP) is 3.70. The van der Waals surface area contributed by atoms with Crippen molar-refractivity contribution in [2.75, 3.05) is 23.8 Å². The monoisotopic (exact) mass is 331 g/mol. The van der Waals surface area contributed by atoms with Crippen LogP contribution in [-0.2, 0) is 6.54 Å². The van der Waals surface area contributed by atoms with Gasteiger partial charge in [-0.1, -0.05) is 28.1 Å². The van der Waals surface area contributed by atoms with Gasteiger partial charge in [-0.05, 0) is 24.1 Å². The summed E-state index contributed by atoms with van der Waals surface area (Å²) in [4.78, 5) is 0. The molecule has 1 N–H and O–H groups in total. The van der Waals surface area contributed by atoms with Crippen molar-refractivity contribution in [3.05, 3.63) is 33.8 Å². The second-order valence-electron chi connectivity index (χ2n) is 4.28. The maximum absolute atomic E-state index is 3.57. The van der Waals surface area contributed by atoms with Gasteiger partial charge in [-0.2, -0.15) is 23.5 Å². The Labute approximate surface area is 121 Å². The van der Waals surface area contributed by atoms with Gasteiger partial charge in [-0.25, -0.2) is 0 Å². The maximum Gasteiger partial charge on any atom is 0.0263 e. The van der Waals surface area contributed by atoms with Gasteiger partial charge in [0.15, 0.2) is 0 Å². The SMILES string of the molecule is Cc1cc(CNCC2CSCCS2)ccc1Br. The molecule has 0 saturated carbocycles. The summed E-state index contributed by atoms with van der Waals surface area (Å²) >= 11 is 7.73. The van der Waals surface area contributed by atoms with E-state index in [2.05, 4.69) is 69.9 Å². The zero-order valence-corrected chi connectivity index (χ0v) is 13.3. The van der Waals surface area contributed by atoms with E-state index in [1.165, 1.54) is 32.9 Å². The lowest BCUT2D eigenvalue weighted by atomic mass is 10.1.